The molecule has 1 heterocycles. The van der Waals surface area contributed by atoms with E-state index in [0.717, 1.165) is 11.3 Å². The van der Waals surface area contributed by atoms with E-state index in [2.05, 4.69) is 15.9 Å². The van der Waals surface area contributed by atoms with Crippen LogP contribution < -0.4 is 4.72 Å². The first-order valence-corrected chi connectivity index (χ1v) is 7.54. The highest BCUT2D eigenvalue weighted by atomic mass is 79.9. The second kappa shape index (κ2) is 5.78. The molecule has 0 radical (unpaired) electrons. The molecule has 0 spiro atoms. The van der Waals surface area contributed by atoms with Crippen molar-refractivity contribution in [2.75, 3.05) is 0 Å². The molecule has 0 aliphatic heterocycles. The molecule has 0 aliphatic rings. The van der Waals surface area contributed by atoms with Gasteiger partial charge in [0.05, 0.1) is 10.2 Å². The van der Waals surface area contributed by atoms with Crippen molar-refractivity contribution in [3.63, 3.8) is 0 Å². The summed E-state index contributed by atoms with van der Waals surface area (Å²) in [5, 5.41) is 17.2. The highest BCUT2D eigenvalue weighted by Gasteiger charge is 2.28. The number of aliphatic carboxylic acids is 2. The summed E-state index contributed by atoms with van der Waals surface area (Å²) in [4.78, 5) is 21.2. The Balaban J connectivity index is 2.93. The van der Waals surface area contributed by atoms with E-state index in [0.29, 0.717) is 3.79 Å². The van der Waals surface area contributed by atoms with Gasteiger partial charge in [0.15, 0.2) is 0 Å². The van der Waals surface area contributed by atoms with Gasteiger partial charge in [-0.15, -0.1) is 11.3 Å². The van der Waals surface area contributed by atoms with Gasteiger partial charge in [-0.3, -0.25) is 9.59 Å². The van der Waals surface area contributed by atoms with Crippen LogP contribution in [0.3, 0.4) is 0 Å². The van der Waals surface area contributed by atoms with Crippen LogP contribution in [0.2, 0.25) is 0 Å². The van der Waals surface area contributed by atoms with Crippen molar-refractivity contribution in [2.45, 2.75) is 16.7 Å². The van der Waals surface area contributed by atoms with Crippen molar-refractivity contribution in [3.8, 4) is 0 Å². The Morgan fingerprint density at radius 1 is 1.39 bits per heavy atom. The molecule has 3 N–H and O–H groups in total. The van der Waals surface area contributed by atoms with Crippen molar-refractivity contribution in [1.29, 1.82) is 0 Å². The fraction of sp³-hybridized carbons (Fsp3) is 0.250. The van der Waals surface area contributed by atoms with Crippen LogP contribution in [-0.2, 0) is 19.6 Å². The monoisotopic (exact) mass is 357 g/mol. The maximum absolute atomic E-state index is 11.8. The summed E-state index contributed by atoms with van der Waals surface area (Å²) in [6, 6.07) is 1.08. The molecule has 0 fully saturated rings. The Bertz CT molecular complexity index is 566. The summed E-state index contributed by atoms with van der Waals surface area (Å²) in [5.41, 5.74) is 0. The van der Waals surface area contributed by atoms with Gasteiger partial charge < -0.3 is 10.2 Å². The Kier molecular flexibility index (Phi) is 4.85. The van der Waals surface area contributed by atoms with E-state index in [1.807, 2.05) is 4.72 Å². The number of hydrogen-bond donors (Lipinski definition) is 3. The average molecular weight is 358 g/mol. The number of sulfonamides is 1. The Labute approximate surface area is 115 Å². The lowest BCUT2D eigenvalue weighted by molar-refractivity contribution is -0.145. The third-order valence-corrected chi connectivity index (χ3v) is 5.37. The van der Waals surface area contributed by atoms with Crippen LogP contribution >= 0.6 is 27.3 Å². The van der Waals surface area contributed by atoms with Crippen molar-refractivity contribution < 1.29 is 28.2 Å². The summed E-state index contributed by atoms with van der Waals surface area (Å²) < 4.78 is 25.8. The topological polar surface area (TPSA) is 121 Å². The van der Waals surface area contributed by atoms with Crippen LogP contribution in [-0.4, -0.2) is 36.6 Å². The molecule has 1 rings (SSSR count). The van der Waals surface area contributed by atoms with Crippen LogP contribution in [0.5, 0.6) is 0 Å². The predicted octanol–water partition coefficient (Wildman–Crippen LogP) is 0.717. The molecule has 0 saturated carbocycles. The first kappa shape index (κ1) is 15.1. The zero-order chi connectivity index (χ0) is 13.9. The molecular weight excluding hydrogens is 350 g/mol. The molecule has 0 amide bonds. The third-order valence-electron chi connectivity index (χ3n) is 1.79. The second-order valence-corrected chi connectivity index (χ2v) is 7.57. The molecular formula is C8H8BrNO6S2. The smallest absolute Gasteiger partial charge is 0.322 e. The van der Waals surface area contributed by atoms with Gasteiger partial charge in [0, 0.05) is 0 Å². The lowest BCUT2D eigenvalue weighted by Crippen LogP contribution is -2.41. The van der Waals surface area contributed by atoms with E-state index in [1.165, 1.54) is 12.1 Å². The van der Waals surface area contributed by atoms with Crippen LogP contribution in [0, 0.1) is 0 Å². The summed E-state index contributed by atoms with van der Waals surface area (Å²) in [7, 11) is -4.03. The predicted molar refractivity (Wildman–Crippen MR) is 66.0 cm³/mol. The van der Waals surface area contributed by atoms with E-state index in [-0.39, 0.29) is 4.21 Å². The second-order valence-electron chi connectivity index (χ2n) is 3.17. The number of rotatable bonds is 6. The highest BCUT2D eigenvalue weighted by molar-refractivity contribution is 9.11. The van der Waals surface area contributed by atoms with Gasteiger partial charge in [-0.1, -0.05) is 0 Å². The number of halogens is 1. The number of carboxylic acids is 2. The first-order valence-electron chi connectivity index (χ1n) is 4.44. The SMILES string of the molecule is O=C(O)C[C@@H](NS(=O)(=O)c1ccc(Br)s1)C(=O)O. The largest absolute Gasteiger partial charge is 0.481 e. The number of thiophene rings is 1. The molecule has 1 atom stereocenters. The van der Waals surface area contributed by atoms with Gasteiger partial charge in [0.25, 0.3) is 10.0 Å². The fourth-order valence-corrected chi connectivity index (χ4v) is 4.26. The molecule has 10 heteroatoms. The standard InChI is InChI=1S/C8H8BrNO6S2/c9-5-1-2-7(17-5)18(15,16)10-4(8(13)14)3-6(11)12/h1-2,4,10H,3H2,(H,11,12)(H,13,14)/t4-/m1/s1. The Morgan fingerprint density at radius 3 is 2.39 bits per heavy atom. The molecule has 18 heavy (non-hydrogen) atoms. The molecule has 1 aromatic rings. The maximum Gasteiger partial charge on any atom is 0.322 e. The van der Waals surface area contributed by atoms with E-state index in [9.17, 15) is 18.0 Å². The molecule has 0 bridgehead atoms. The van der Waals surface area contributed by atoms with Gasteiger partial charge in [-0.2, -0.15) is 4.72 Å². The number of carbonyl (C=O) groups is 2. The molecule has 0 aliphatic carbocycles. The maximum atomic E-state index is 11.8. The minimum Gasteiger partial charge on any atom is -0.481 e. The van der Waals surface area contributed by atoms with Crippen molar-refractivity contribution in [3.05, 3.63) is 15.9 Å². The highest BCUT2D eigenvalue weighted by Crippen LogP contribution is 2.26. The molecule has 100 valence electrons. The van der Waals surface area contributed by atoms with Crippen molar-refractivity contribution in [2.24, 2.45) is 0 Å². The quantitative estimate of drug-likeness (QED) is 0.689. The Morgan fingerprint density at radius 2 is 2.00 bits per heavy atom. The van der Waals surface area contributed by atoms with Crippen LogP contribution in [0.1, 0.15) is 6.42 Å². The molecule has 0 saturated heterocycles. The third kappa shape index (κ3) is 4.05. The zero-order valence-corrected chi connectivity index (χ0v) is 11.9. The van der Waals surface area contributed by atoms with Gasteiger partial charge in [0.2, 0.25) is 0 Å². The first-order chi connectivity index (χ1) is 8.22. The Hall–Kier alpha value is -0.970. The molecule has 0 unspecified atom stereocenters. The normalized spacial score (nSPS) is 13.2. The molecule has 7 nitrogen and oxygen atoms in total. The lowest BCUT2D eigenvalue weighted by atomic mass is 10.2. The number of hydrogen-bond acceptors (Lipinski definition) is 5. The summed E-state index contributed by atoms with van der Waals surface area (Å²) in [6.45, 7) is 0. The fourth-order valence-electron chi connectivity index (χ4n) is 1.04. The minimum absolute atomic E-state index is 0.0917. The average Bonchev–Trinajstić information content (AvgIpc) is 2.63. The van der Waals surface area contributed by atoms with Crippen molar-refractivity contribution in [1.82, 2.24) is 4.72 Å². The van der Waals surface area contributed by atoms with Gasteiger partial charge >= 0.3 is 11.9 Å². The minimum atomic E-state index is -4.03. The van der Waals surface area contributed by atoms with E-state index in [1.54, 1.807) is 0 Å². The number of nitrogens with one attached hydrogen (secondary N) is 1. The van der Waals surface area contributed by atoms with Gasteiger partial charge in [-0.25, -0.2) is 8.42 Å². The molecule has 1 aromatic heterocycles. The summed E-state index contributed by atoms with van der Waals surface area (Å²) in [5.74, 6) is -2.95. The van der Waals surface area contributed by atoms with Crippen LogP contribution in [0.4, 0.5) is 0 Å². The summed E-state index contributed by atoms with van der Waals surface area (Å²) >= 11 is 3.97. The number of carboxylic acid groups (broad SMARTS) is 2. The van der Waals surface area contributed by atoms with E-state index >= 15 is 0 Å². The molecule has 0 aromatic carbocycles. The van der Waals surface area contributed by atoms with Gasteiger partial charge in [-0.05, 0) is 28.1 Å². The van der Waals surface area contributed by atoms with E-state index < -0.39 is 34.4 Å². The van der Waals surface area contributed by atoms with E-state index in [4.69, 9.17) is 10.2 Å². The zero-order valence-electron chi connectivity index (χ0n) is 8.66. The van der Waals surface area contributed by atoms with Crippen molar-refractivity contribution >= 4 is 49.2 Å². The van der Waals surface area contributed by atoms with Gasteiger partial charge in [0.1, 0.15) is 10.3 Å². The van der Waals surface area contributed by atoms with Crippen LogP contribution in [0.25, 0.3) is 0 Å². The van der Waals surface area contributed by atoms with Crippen LogP contribution in [0.15, 0.2) is 20.1 Å². The lowest BCUT2D eigenvalue weighted by Gasteiger charge is -2.11. The summed E-state index contributed by atoms with van der Waals surface area (Å²) in [6.07, 6.45) is -0.832.